The highest BCUT2D eigenvalue weighted by Gasteiger charge is 2.36. The number of benzene rings is 3. The second-order valence-corrected chi connectivity index (χ2v) is 9.72. The van der Waals surface area contributed by atoms with Gasteiger partial charge in [0.05, 0.1) is 20.6 Å². The Labute approximate surface area is 185 Å². The molecule has 1 heterocycles. The van der Waals surface area contributed by atoms with Crippen molar-refractivity contribution in [3.63, 3.8) is 0 Å². The summed E-state index contributed by atoms with van der Waals surface area (Å²) >= 11 is 11.9. The Morgan fingerprint density at radius 1 is 1.00 bits per heavy atom. The zero-order valence-corrected chi connectivity index (χ0v) is 18.3. The molecule has 0 saturated heterocycles. The molecule has 1 aliphatic heterocycles. The smallest absolute Gasteiger partial charge is 0.264 e. The van der Waals surface area contributed by atoms with E-state index in [4.69, 9.17) is 23.2 Å². The van der Waals surface area contributed by atoms with Gasteiger partial charge in [-0.25, -0.2) is 8.42 Å². The zero-order chi connectivity index (χ0) is 21.5. The minimum absolute atomic E-state index is 0.242. The number of nitrogens with zero attached hydrogens (tertiary/aromatic N) is 1. The number of hydrogen-bond acceptors (Lipinski definition) is 3. The van der Waals surface area contributed by atoms with E-state index in [9.17, 15) is 13.2 Å². The molecule has 1 amide bonds. The highest BCUT2D eigenvalue weighted by molar-refractivity contribution is 7.92. The Bertz CT molecular complexity index is 1230. The molecular weight excluding hydrogens is 443 g/mol. The van der Waals surface area contributed by atoms with Crippen LogP contribution in [0.15, 0.2) is 71.6 Å². The average Bonchev–Trinajstić information content (AvgIpc) is 3.07. The highest BCUT2D eigenvalue weighted by atomic mass is 35.5. The maximum atomic E-state index is 13.2. The third-order valence-corrected chi connectivity index (χ3v) is 7.65. The van der Waals surface area contributed by atoms with Gasteiger partial charge in [0.25, 0.3) is 15.9 Å². The molecule has 1 N–H and O–H groups in total. The van der Waals surface area contributed by atoms with E-state index >= 15 is 0 Å². The number of nitrogens with one attached hydrogen (secondary N) is 1. The first-order valence-electron chi connectivity index (χ1n) is 9.26. The van der Waals surface area contributed by atoms with Crippen LogP contribution in [0.5, 0.6) is 0 Å². The number of rotatable bonds is 4. The molecule has 8 heteroatoms. The van der Waals surface area contributed by atoms with Gasteiger partial charge in [-0.3, -0.25) is 9.10 Å². The van der Waals surface area contributed by atoms with Crippen LogP contribution in [0.4, 0.5) is 11.4 Å². The first kappa shape index (κ1) is 20.7. The van der Waals surface area contributed by atoms with E-state index in [1.165, 1.54) is 4.31 Å². The molecule has 0 fully saturated rings. The van der Waals surface area contributed by atoms with E-state index < -0.39 is 10.0 Å². The Hall–Kier alpha value is -2.54. The predicted octanol–water partition coefficient (Wildman–Crippen LogP) is 5.39. The van der Waals surface area contributed by atoms with Crippen LogP contribution in [0.2, 0.25) is 10.0 Å². The number of halogens is 2. The maximum Gasteiger partial charge on any atom is 0.264 e. The molecule has 0 radical (unpaired) electrons. The van der Waals surface area contributed by atoms with Crippen molar-refractivity contribution in [2.24, 2.45) is 0 Å². The van der Waals surface area contributed by atoms with E-state index in [2.05, 4.69) is 5.32 Å². The minimum atomic E-state index is -3.69. The number of carbonyl (C=O) groups is 1. The maximum absolute atomic E-state index is 13.2. The molecule has 1 aliphatic rings. The molecule has 0 saturated carbocycles. The van der Waals surface area contributed by atoms with Crippen LogP contribution < -0.4 is 9.62 Å². The van der Waals surface area contributed by atoms with Gasteiger partial charge in [0, 0.05) is 17.3 Å². The van der Waals surface area contributed by atoms with Crippen LogP contribution in [0, 0.1) is 0 Å². The lowest BCUT2D eigenvalue weighted by atomic mass is 10.1. The van der Waals surface area contributed by atoms with E-state index in [0.717, 1.165) is 5.56 Å². The van der Waals surface area contributed by atoms with Crippen LogP contribution in [0.25, 0.3) is 0 Å². The zero-order valence-electron chi connectivity index (χ0n) is 16.0. The molecule has 1 atom stereocenters. The lowest BCUT2D eigenvalue weighted by Crippen LogP contribution is -2.35. The summed E-state index contributed by atoms with van der Waals surface area (Å²) in [6.45, 7) is 1.86. The molecular formula is C22H18Cl2N2O3S. The number of carbonyl (C=O) groups excluding carboxylic acids is 1. The van der Waals surface area contributed by atoms with Gasteiger partial charge in [0.15, 0.2) is 0 Å². The normalized spacial score (nSPS) is 15.7. The lowest BCUT2D eigenvalue weighted by Gasteiger charge is -2.24. The van der Waals surface area contributed by atoms with Gasteiger partial charge in [0.2, 0.25) is 0 Å². The van der Waals surface area contributed by atoms with Crippen molar-refractivity contribution < 1.29 is 13.2 Å². The SMILES string of the molecule is C[C@@H]1Cc2cc(C(=O)Nc3ccc(Cl)c(Cl)c3)ccc2N1S(=O)(=O)c1ccccc1. The van der Waals surface area contributed by atoms with Gasteiger partial charge in [-0.05, 0) is 67.4 Å². The Morgan fingerprint density at radius 2 is 1.73 bits per heavy atom. The summed E-state index contributed by atoms with van der Waals surface area (Å²) in [7, 11) is -3.69. The molecule has 0 aromatic heterocycles. The minimum Gasteiger partial charge on any atom is -0.322 e. The fourth-order valence-corrected chi connectivity index (χ4v) is 5.61. The fourth-order valence-electron chi connectivity index (χ4n) is 3.59. The van der Waals surface area contributed by atoms with Crippen molar-refractivity contribution in [2.45, 2.75) is 24.3 Å². The van der Waals surface area contributed by atoms with E-state index in [0.29, 0.717) is 33.4 Å². The summed E-state index contributed by atoms with van der Waals surface area (Å²) in [5.74, 6) is -0.312. The monoisotopic (exact) mass is 460 g/mol. The van der Waals surface area contributed by atoms with Crippen LogP contribution in [0.1, 0.15) is 22.8 Å². The van der Waals surface area contributed by atoms with Crippen LogP contribution in [-0.2, 0) is 16.4 Å². The summed E-state index contributed by atoms with van der Waals surface area (Å²) in [4.78, 5) is 12.9. The lowest BCUT2D eigenvalue weighted by molar-refractivity contribution is 0.102. The first-order chi connectivity index (χ1) is 14.3. The number of fused-ring (bicyclic) bond motifs is 1. The average molecular weight is 461 g/mol. The summed E-state index contributed by atoms with van der Waals surface area (Å²) in [6.07, 6.45) is 0.523. The largest absolute Gasteiger partial charge is 0.322 e. The molecule has 0 unspecified atom stereocenters. The quantitative estimate of drug-likeness (QED) is 0.567. The molecule has 30 heavy (non-hydrogen) atoms. The fraction of sp³-hybridized carbons (Fsp3) is 0.136. The first-order valence-corrected chi connectivity index (χ1v) is 11.5. The van der Waals surface area contributed by atoms with Gasteiger partial charge in [0.1, 0.15) is 0 Å². The number of sulfonamides is 1. The second kappa shape index (κ2) is 7.95. The third kappa shape index (κ3) is 3.78. The van der Waals surface area contributed by atoms with Gasteiger partial charge < -0.3 is 5.32 Å². The molecule has 154 valence electrons. The van der Waals surface area contributed by atoms with Gasteiger partial charge in [-0.15, -0.1) is 0 Å². The third-order valence-electron chi connectivity index (χ3n) is 4.97. The number of amides is 1. The van der Waals surface area contributed by atoms with Crippen molar-refractivity contribution in [3.8, 4) is 0 Å². The molecule has 0 aliphatic carbocycles. The van der Waals surface area contributed by atoms with Gasteiger partial charge >= 0.3 is 0 Å². The summed E-state index contributed by atoms with van der Waals surface area (Å²) < 4.78 is 27.7. The topological polar surface area (TPSA) is 66.5 Å². The number of hydrogen-bond donors (Lipinski definition) is 1. The Morgan fingerprint density at radius 3 is 2.43 bits per heavy atom. The van der Waals surface area contributed by atoms with Crippen LogP contribution >= 0.6 is 23.2 Å². The molecule has 3 aromatic carbocycles. The van der Waals surface area contributed by atoms with Crippen molar-refractivity contribution >= 4 is 50.5 Å². The summed E-state index contributed by atoms with van der Waals surface area (Å²) in [5.41, 5.74) is 2.36. The van der Waals surface area contributed by atoms with E-state index in [1.54, 1.807) is 66.7 Å². The molecule has 5 nitrogen and oxygen atoms in total. The Kier molecular flexibility index (Phi) is 5.49. The number of anilines is 2. The highest BCUT2D eigenvalue weighted by Crippen LogP contribution is 2.37. The van der Waals surface area contributed by atoms with Gasteiger partial charge in [-0.2, -0.15) is 0 Å². The molecule has 4 rings (SSSR count). The second-order valence-electron chi connectivity index (χ2n) is 7.09. The van der Waals surface area contributed by atoms with Crippen molar-refractivity contribution in [2.75, 3.05) is 9.62 Å². The molecule has 0 spiro atoms. The van der Waals surface area contributed by atoms with Crippen molar-refractivity contribution in [3.05, 3.63) is 87.9 Å². The van der Waals surface area contributed by atoms with Crippen LogP contribution in [-0.4, -0.2) is 20.4 Å². The standard InChI is InChI=1S/C22H18Cl2N2O3S/c1-14-11-16-12-15(22(27)25-17-8-9-19(23)20(24)13-17)7-10-21(16)26(14)30(28,29)18-5-3-2-4-6-18/h2-10,12-14H,11H2,1H3,(H,25,27)/t14-/m1/s1. The molecule has 0 bridgehead atoms. The van der Waals surface area contributed by atoms with Crippen LogP contribution in [0.3, 0.4) is 0 Å². The molecule has 3 aromatic rings. The van der Waals surface area contributed by atoms with Crippen molar-refractivity contribution in [1.29, 1.82) is 0 Å². The van der Waals surface area contributed by atoms with E-state index in [-0.39, 0.29) is 16.8 Å². The van der Waals surface area contributed by atoms with Crippen molar-refractivity contribution in [1.82, 2.24) is 0 Å². The summed E-state index contributed by atoms with van der Waals surface area (Å²) in [5, 5.41) is 3.53. The Balaban J connectivity index is 1.62. The van der Waals surface area contributed by atoms with E-state index in [1.807, 2.05) is 6.92 Å². The predicted molar refractivity (Wildman–Crippen MR) is 120 cm³/mol. The summed E-state index contributed by atoms with van der Waals surface area (Å²) in [6, 6.07) is 18.0. The van der Waals surface area contributed by atoms with Gasteiger partial charge in [-0.1, -0.05) is 41.4 Å².